The van der Waals surface area contributed by atoms with E-state index in [1.165, 1.54) is 12.1 Å². The molecule has 5 nitrogen and oxygen atoms in total. The number of carbonyl (C=O) groups excluding carboxylic acids is 1. The summed E-state index contributed by atoms with van der Waals surface area (Å²) in [7, 11) is 0. The molecule has 2 rings (SSSR count). The molecule has 0 N–H and O–H groups in total. The van der Waals surface area contributed by atoms with Crippen LogP contribution in [0.2, 0.25) is 0 Å². The normalized spacial score (nSPS) is 11.8. The fourth-order valence-electron chi connectivity index (χ4n) is 2.08. The topological polar surface area (TPSA) is 69.4 Å². The van der Waals surface area contributed by atoms with E-state index in [-0.39, 0.29) is 17.2 Å². The summed E-state index contributed by atoms with van der Waals surface area (Å²) in [6, 6.07) is 11.4. The predicted octanol–water partition coefficient (Wildman–Crippen LogP) is 3.86. The van der Waals surface area contributed by atoms with Gasteiger partial charge in [0.05, 0.1) is 4.92 Å². The van der Waals surface area contributed by atoms with Gasteiger partial charge >= 0.3 is 5.69 Å². The molecule has 5 heteroatoms. The number of nitro benzene ring substituents is 1. The van der Waals surface area contributed by atoms with Gasteiger partial charge in [-0.3, -0.25) is 14.9 Å². The number of rotatable bonds is 5. The Morgan fingerprint density at radius 3 is 2.45 bits per heavy atom. The molecule has 0 aliphatic carbocycles. The molecule has 22 heavy (non-hydrogen) atoms. The van der Waals surface area contributed by atoms with Gasteiger partial charge < -0.3 is 4.74 Å². The average Bonchev–Trinajstić information content (AvgIpc) is 2.49. The zero-order chi connectivity index (χ0) is 16.3. The third-order valence-corrected chi connectivity index (χ3v) is 3.53. The molecule has 0 radical (unpaired) electrons. The standard InChI is InChI=1S/C17H17NO4/c1-11-8-9-14(10-12(11)2)17(19)13(3)22-16-7-5-4-6-15(16)18(20)21/h4-10,13H,1-3H3/t13-/m0/s1. The fraction of sp³-hybridized carbons (Fsp3) is 0.235. The highest BCUT2D eigenvalue weighted by Gasteiger charge is 2.21. The molecular formula is C17H17NO4. The van der Waals surface area contributed by atoms with Crippen molar-refractivity contribution in [3.63, 3.8) is 0 Å². The Hall–Kier alpha value is -2.69. The van der Waals surface area contributed by atoms with Gasteiger partial charge in [-0.05, 0) is 44.0 Å². The van der Waals surface area contributed by atoms with E-state index >= 15 is 0 Å². The van der Waals surface area contributed by atoms with Crippen molar-refractivity contribution in [2.24, 2.45) is 0 Å². The molecule has 0 unspecified atom stereocenters. The molecule has 2 aromatic carbocycles. The van der Waals surface area contributed by atoms with Gasteiger partial charge in [0.25, 0.3) is 0 Å². The Kier molecular flexibility index (Phi) is 4.56. The lowest BCUT2D eigenvalue weighted by Gasteiger charge is -2.14. The lowest BCUT2D eigenvalue weighted by atomic mass is 10.0. The second-order valence-electron chi connectivity index (χ2n) is 5.15. The molecule has 0 amide bonds. The van der Waals surface area contributed by atoms with Crippen LogP contribution in [-0.2, 0) is 0 Å². The third kappa shape index (κ3) is 3.31. The van der Waals surface area contributed by atoms with Crippen LogP contribution in [0.5, 0.6) is 5.75 Å². The lowest BCUT2D eigenvalue weighted by Crippen LogP contribution is -2.24. The summed E-state index contributed by atoms with van der Waals surface area (Å²) in [6.07, 6.45) is -0.803. The molecule has 0 spiro atoms. The predicted molar refractivity (Wildman–Crippen MR) is 83.4 cm³/mol. The molecule has 0 aliphatic heterocycles. The quantitative estimate of drug-likeness (QED) is 0.477. The van der Waals surface area contributed by atoms with E-state index in [1.54, 1.807) is 31.2 Å². The summed E-state index contributed by atoms with van der Waals surface area (Å²) in [5.41, 5.74) is 2.50. The van der Waals surface area contributed by atoms with E-state index in [0.717, 1.165) is 11.1 Å². The SMILES string of the molecule is Cc1ccc(C(=O)[C@H](C)Oc2ccccc2[N+](=O)[O-])cc1C. The van der Waals surface area contributed by atoms with Crippen LogP contribution < -0.4 is 4.74 Å². The van der Waals surface area contributed by atoms with Crippen LogP contribution in [0.15, 0.2) is 42.5 Å². The highest BCUT2D eigenvalue weighted by molar-refractivity contribution is 5.99. The molecule has 0 heterocycles. The van der Waals surface area contributed by atoms with Gasteiger partial charge in [-0.1, -0.05) is 24.3 Å². The van der Waals surface area contributed by atoms with Gasteiger partial charge in [-0.25, -0.2) is 0 Å². The summed E-state index contributed by atoms with van der Waals surface area (Å²) in [5.74, 6) is -0.113. The highest BCUT2D eigenvalue weighted by Crippen LogP contribution is 2.27. The monoisotopic (exact) mass is 299 g/mol. The van der Waals surface area contributed by atoms with Crippen LogP contribution in [0.3, 0.4) is 0 Å². The number of ketones is 1. The van der Waals surface area contributed by atoms with Crippen LogP contribution in [-0.4, -0.2) is 16.8 Å². The summed E-state index contributed by atoms with van der Waals surface area (Å²) >= 11 is 0. The first-order valence-corrected chi connectivity index (χ1v) is 6.91. The maximum absolute atomic E-state index is 12.4. The maximum Gasteiger partial charge on any atom is 0.310 e. The number of benzene rings is 2. The fourth-order valence-corrected chi connectivity index (χ4v) is 2.08. The van der Waals surface area contributed by atoms with Crippen LogP contribution in [0.25, 0.3) is 0 Å². The maximum atomic E-state index is 12.4. The van der Waals surface area contributed by atoms with Crippen molar-refractivity contribution in [1.82, 2.24) is 0 Å². The van der Waals surface area contributed by atoms with Crippen molar-refractivity contribution in [2.45, 2.75) is 26.9 Å². The van der Waals surface area contributed by atoms with Crippen molar-refractivity contribution in [3.05, 3.63) is 69.3 Å². The van der Waals surface area contributed by atoms with E-state index in [9.17, 15) is 14.9 Å². The lowest BCUT2D eigenvalue weighted by molar-refractivity contribution is -0.386. The van der Waals surface area contributed by atoms with Crippen LogP contribution >= 0.6 is 0 Å². The van der Waals surface area contributed by atoms with Gasteiger partial charge in [0.15, 0.2) is 11.9 Å². The Labute approximate surface area is 128 Å². The zero-order valence-electron chi connectivity index (χ0n) is 12.7. The second kappa shape index (κ2) is 6.39. The van der Waals surface area contributed by atoms with E-state index in [1.807, 2.05) is 19.9 Å². The number of nitro groups is 1. The molecule has 0 aliphatic rings. The number of Topliss-reactive ketones (excluding diaryl/α,β-unsaturated/α-hetero) is 1. The molecule has 114 valence electrons. The summed E-state index contributed by atoms with van der Waals surface area (Å²) in [5, 5.41) is 11.0. The highest BCUT2D eigenvalue weighted by atomic mass is 16.6. The molecule has 2 aromatic rings. The first-order chi connectivity index (χ1) is 10.4. The number of carbonyl (C=O) groups is 1. The van der Waals surface area contributed by atoms with E-state index < -0.39 is 11.0 Å². The number of nitrogens with zero attached hydrogens (tertiary/aromatic N) is 1. The molecule has 1 atom stereocenters. The van der Waals surface area contributed by atoms with Gasteiger partial charge in [0.1, 0.15) is 0 Å². The van der Waals surface area contributed by atoms with E-state index in [0.29, 0.717) is 5.56 Å². The van der Waals surface area contributed by atoms with Crippen molar-refractivity contribution in [1.29, 1.82) is 0 Å². The van der Waals surface area contributed by atoms with Crippen LogP contribution in [0.1, 0.15) is 28.4 Å². The van der Waals surface area contributed by atoms with Gasteiger partial charge in [0.2, 0.25) is 5.78 Å². The number of ether oxygens (including phenoxy) is 1. The van der Waals surface area contributed by atoms with Crippen LogP contribution in [0, 0.1) is 24.0 Å². The molecule has 0 bridgehead atoms. The largest absolute Gasteiger partial charge is 0.475 e. The summed E-state index contributed by atoms with van der Waals surface area (Å²) < 4.78 is 5.50. The minimum Gasteiger partial charge on any atom is -0.475 e. The number of hydrogen-bond donors (Lipinski definition) is 0. The van der Waals surface area contributed by atoms with E-state index in [4.69, 9.17) is 4.74 Å². The van der Waals surface area contributed by atoms with Crippen molar-refractivity contribution < 1.29 is 14.5 Å². The number of hydrogen-bond acceptors (Lipinski definition) is 4. The second-order valence-corrected chi connectivity index (χ2v) is 5.15. The molecule has 0 fully saturated rings. The minimum absolute atomic E-state index is 0.0946. The van der Waals surface area contributed by atoms with Gasteiger partial charge in [-0.2, -0.15) is 0 Å². The Balaban J connectivity index is 2.22. The molecule has 0 saturated carbocycles. The molecule has 0 aromatic heterocycles. The first kappa shape index (κ1) is 15.7. The Bertz CT molecular complexity index is 724. The number of para-hydroxylation sites is 2. The van der Waals surface area contributed by atoms with Crippen molar-refractivity contribution >= 4 is 11.5 Å². The van der Waals surface area contributed by atoms with Crippen LogP contribution in [0.4, 0.5) is 5.69 Å². The zero-order valence-corrected chi connectivity index (χ0v) is 12.7. The number of aryl methyl sites for hydroxylation is 2. The minimum atomic E-state index is -0.803. The van der Waals surface area contributed by atoms with Gasteiger partial charge in [-0.15, -0.1) is 0 Å². The third-order valence-electron chi connectivity index (χ3n) is 3.53. The molecule has 0 saturated heterocycles. The molecular weight excluding hydrogens is 282 g/mol. The first-order valence-electron chi connectivity index (χ1n) is 6.91. The Morgan fingerprint density at radius 1 is 1.14 bits per heavy atom. The summed E-state index contributed by atoms with van der Waals surface area (Å²) in [4.78, 5) is 22.8. The van der Waals surface area contributed by atoms with E-state index in [2.05, 4.69) is 0 Å². The van der Waals surface area contributed by atoms with Crippen molar-refractivity contribution in [2.75, 3.05) is 0 Å². The van der Waals surface area contributed by atoms with Crippen molar-refractivity contribution in [3.8, 4) is 5.75 Å². The Morgan fingerprint density at radius 2 is 1.82 bits per heavy atom. The smallest absolute Gasteiger partial charge is 0.310 e. The summed E-state index contributed by atoms with van der Waals surface area (Å²) in [6.45, 7) is 5.49. The van der Waals surface area contributed by atoms with Gasteiger partial charge in [0, 0.05) is 11.6 Å². The average molecular weight is 299 g/mol.